The molecule has 0 saturated carbocycles. The summed E-state index contributed by atoms with van der Waals surface area (Å²) in [6, 6.07) is 6.00. The molecule has 0 radical (unpaired) electrons. The molecule has 1 aromatic rings. The average Bonchev–Trinajstić information content (AvgIpc) is 2.31. The fraction of sp³-hybridized carbons (Fsp3) is 0.500. The number of hydrogen-bond donors (Lipinski definition) is 1. The molecule has 1 aromatic heterocycles. The molecule has 92 valence electrons. The van der Waals surface area contributed by atoms with E-state index in [2.05, 4.69) is 27.0 Å². The summed E-state index contributed by atoms with van der Waals surface area (Å²) >= 11 is 5.19. The van der Waals surface area contributed by atoms with Crippen LogP contribution in [0.4, 0.5) is 0 Å². The minimum atomic E-state index is -0.684. The zero-order chi connectivity index (χ0) is 12.7. The van der Waals surface area contributed by atoms with Gasteiger partial charge in [0.25, 0.3) is 0 Å². The molecule has 3 nitrogen and oxygen atoms in total. The van der Waals surface area contributed by atoms with E-state index in [1.165, 1.54) is 0 Å². The van der Waals surface area contributed by atoms with E-state index in [1.807, 2.05) is 12.1 Å². The van der Waals surface area contributed by atoms with Crippen LogP contribution in [-0.4, -0.2) is 16.3 Å². The molecule has 1 unspecified atom stereocenters. The van der Waals surface area contributed by atoms with Crippen molar-refractivity contribution in [3.8, 4) is 6.07 Å². The largest absolute Gasteiger partial charge is 0.314 e. The van der Waals surface area contributed by atoms with Gasteiger partial charge in [0, 0.05) is 10.7 Å². The first-order valence-corrected chi connectivity index (χ1v) is 7.26. The monoisotopic (exact) mass is 313 g/mol. The summed E-state index contributed by atoms with van der Waals surface area (Å²) in [5, 5.41) is 9.79. The second-order valence-corrected chi connectivity index (χ2v) is 6.06. The molecule has 0 amide bonds. The molecule has 1 rings (SSSR count). The molecular weight excluding hydrogens is 298 g/mol. The molecule has 5 heteroatoms. The first-order chi connectivity index (χ1) is 8.05. The lowest BCUT2D eigenvalue weighted by Gasteiger charge is -2.14. The summed E-state index contributed by atoms with van der Waals surface area (Å²) in [6.07, 6.45) is 4.55. The lowest BCUT2D eigenvalue weighted by molar-refractivity contribution is 0.519. The van der Waals surface area contributed by atoms with Gasteiger partial charge in [-0.15, -0.1) is 11.8 Å². The van der Waals surface area contributed by atoms with E-state index in [9.17, 15) is 0 Å². The third kappa shape index (κ3) is 5.53. The Balaban J connectivity index is 2.22. The Morgan fingerprint density at radius 3 is 3.00 bits per heavy atom. The number of nitrogens with two attached hydrogens (primary N) is 1. The number of aromatic nitrogens is 1. The second-order valence-electron chi connectivity index (χ2n) is 4.13. The molecule has 1 heterocycles. The molecule has 0 aliphatic rings. The van der Waals surface area contributed by atoms with Crippen LogP contribution in [0.25, 0.3) is 0 Å². The molecule has 0 bridgehead atoms. The van der Waals surface area contributed by atoms with Crippen molar-refractivity contribution in [1.29, 1.82) is 5.26 Å². The number of thioether (sulfide) groups is 1. The van der Waals surface area contributed by atoms with Gasteiger partial charge < -0.3 is 5.73 Å². The Morgan fingerprint density at radius 2 is 2.35 bits per heavy atom. The summed E-state index contributed by atoms with van der Waals surface area (Å²) < 4.78 is 1.03. The van der Waals surface area contributed by atoms with Crippen LogP contribution in [0.15, 0.2) is 27.8 Å². The van der Waals surface area contributed by atoms with Gasteiger partial charge >= 0.3 is 0 Å². The van der Waals surface area contributed by atoms with Crippen LogP contribution in [0.1, 0.15) is 26.2 Å². The standard InChI is InChI=1S/C12H16BrN3S/c1-12(15,9-14)6-2-3-8-17-11-10(13)5-4-7-16-11/h4-5,7H,2-3,6,8,15H2,1H3. The molecule has 2 N–H and O–H groups in total. The van der Waals surface area contributed by atoms with Gasteiger partial charge in [0.15, 0.2) is 0 Å². The average molecular weight is 314 g/mol. The number of hydrogen-bond acceptors (Lipinski definition) is 4. The maximum atomic E-state index is 8.77. The molecule has 0 spiro atoms. The van der Waals surface area contributed by atoms with Crippen LogP contribution in [-0.2, 0) is 0 Å². The highest BCUT2D eigenvalue weighted by molar-refractivity contribution is 9.10. The molecule has 17 heavy (non-hydrogen) atoms. The van der Waals surface area contributed by atoms with Crippen molar-refractivity contribution >= 4 is 27.7 Å². The quantitative estimate of drug-likeness (QED) is 0.646. The minimum absolute atomic E-state index is 0.684. The smallest absolute Gasteiger partial charge is 0.110 e. The van der Waals surface area contributed by atoms with Crippen molar-refractivity contribution in [2.24, 2.45) is 5.73 Å². The zero-order valence-electron chi connectivity index (χ0n) is 9.82. The lowest BCUT2D eigenvalue weighted by atomic mass is 9.99. The van der Waals surface area contributed by atoms with Gasteiger partial charge in [-0.3, -0.25) is 0 Å². The third-order valence-corrected chi connectivity index (χ3v) is 4.30. The van der Waals surface area contributed by atoms with Crippen molar-refractivity contribution < 1.29 is 0 Å². The number of pyridine rings is 1. The van der Waals surface area contributed by atoms with Gasteiger partial charge in [-0.1, -0.05) is 0 Å². The SMILES string of the molecule is CC(N)(C#N)CCCCSc1ncccc1Br. The van der Waals surface area contributed by atoms with E-state index in [1.54, 1.807) is 24.9 Å². The van der Waals surface area contributed by atoms with Gasteiger partial charge in [0.05, 0.1) is 6.07 Å². The van der Waals surface area contributed by atoms with Gasteiger partial charge in [-0.05, 0) is 60.0 Å². The van der Waals surface area contributed by atoms with Crippen LogP contribution in [0.2, 0.25) is 0 Å². The van der Waals surface area contributed by atoms with E-state index in [-0.39, 0.29) is 0 Å². The minimum Gasteiger partial charge on any atom is -0.314 e. The molecule has 0 fully saturated rings. The lowest BCUT2D eigenvalue weighted by Crippen LogP contribution is -2.33. The summed E-state index contributed by atoms with van der Waals surface area (Å²) in [5.41, 5.74) is 5.06. The summed E-state index contributed by atoms with van der Waals surface area (Å²) in [6.45, 7) is 1.77. The Labute approximate surface area is 115 Å². The number of nitriles is 1. The van der Waals surface area contributed by atoms with Crippen molar-refractivity contribution in [2.75, 3.05) is 5.75 Å². The Bertz CT molecular complexity index is 401. The summed E-state index contributed by atoms with van der Waals surface area (Å²) in [4.78, 5) is 4.28. The highest BCUT2D eigenvalue weighted by atomic mass is 79.9. The van der Waals surface area contributed by atoms with Gasteiger partial charge in [-0.25, -0.2) is 4.98 Å². The molecule has 0 aliphatic heterocycles. The molecule has 0 aliphatic carbocycles. The molecular formula is C12H16BrN3S. The van der Waals surface area contributed by atoms with Crippen LogP contribution < -0.4 is 5.73 Å². The highest BCUT2D eigenvalue weighted by Gasteiger charge is 2.15. The number of nitrogens with zero attached hydrogens (tertiary/aromatic N) is 2. The van der Waals surface area contributed by atoms with Crippen LogP contribution >= 0.6 is 27.7 Å². The molecule has 1 atom stereocenters. The van der Waals surface area contributed by atoms with Crippen LogP contribution in [0, 0.1) is 11.3 Å². The van der Waals surface area contributed by atoms with Gasteiger partial charge in [-0.2, -0.15) is 5.26 Å². The normalized spacial score (nSPS) is 14.0. The van der Waals surface area contributed by atoms with E-state index in [0.29, 0.717) is 0 Å². The summed E-state index contributed by atoms with van der Waals surface area (Å²) in [5.74, 6) is 0.997. The van der Waals surface area contributed by atoms with Crippen molar-refractivity contribution in [3.05, 3.63) is 22.8 Å². The Hall–Kier alpha value is -0.570. The number of halogens is 1. The predicted molar refractivity (Wildman–Crippen MR) is 74.7 cm³/mol. The Kier molecular flexibility index (Phi) is 5.96. The van der Waals surface area contributed by atoms with Gasteiger partial charge in [0.2, 0.25) is 0 Å². The van der Waals surface area contributed by atoms with E-state index in [0.717, 1.165) is 34.5 Å². The predicted octanol–water partition coefficient (Wildman–Crippen LogP) is 3.35. The topological polar surface area (TPSA) is 62.7 Å². The zero-order valence-corrected chi connectivity index (χ0v) is 12.2. The van der Waals surface area contributed by atoms with E-state index < -0.39 is 5.54 Å². The highest BCUT2D eigenvalue weighted by Crippen LogP contribution is 2.25. The van der Waals surface area contributed by atoms with Crippen molar-refractivity contribution in [2.45, 2.75) is 36.8 Å². The second kappa shape index (κ2) is 7.00. The first kappa shape index (κ1) is 14.5. The van der Waals surface area contributed by atoms with Gasteiger partial charge in [0.1, 0.15) is 10.6 Å². The summed E-state index contributed by atoms with van der Waals surface area (Å²) in [7, 11) is 0. The third-order valence-electron chi connectivity index (χ3n) is 2.31. The van der Waals surface area contributed by atoms with Crippen molar-refractivity contribution in [1.82, 2.24) is 4.98 Å². The van der Waals surface area contributed by atoms with Crippen LogP contribution in [0.5, 0.6) is 0 Å². The number of rotatable bonds is 6. The first-order valence-electron chi connectivity index (χ1n) is 5.48. The maximum absolute atomic E-state index is 8.77. The molecule has 0 saturated heterocycles. The number of unbranched alkanes of at least 4 members (excludes halogenated alkanes) is 1. The van der Waals surface area contributed by atoms with Crippen molar-refractivity contribution in [3.63, 3.8) is 0 Å². The fourth-order valence-electron chi connectivity index (χ4n) is 1.30. The fourth-order valence-corrected chi connectivity index (χ4v) is 2.78. The van der Waals surface area contributed by atoms with E-state index in [4.69, 9.17) is 11.0 Å². The maximum Gasteiger partial charge on any atom is 0.110 e. The Morgan fingerprint density at radius 1 is 1.59 bits per heavy atom. The molecule has 0 aromatic carbocycles. The van der Waals surface area contributed by atoms with Crippen LogP contribution in [0.3, 0.4) is 0 Å². The van der Waals surface area contributed by atoms with E-state index >= 15 is 0 Å².